The SMILES string of the molecule is CCCCCCCC[Si](C)(O[Si](C)(C)C)O[Si](C)(C)C. The second-order valence-corrected chi connectivity index (χ2v) is 20.9. The van der Waals surface area contributed by atoms with Crippen LogP contribution in [0.25, 0.3) is 0 Å². The highest BCUT2D eigenvalue weighted by Crippen LogP contribution is 2.26. The molecule has 0 aliphatic rings. The molecule has 5 heteroatoms. The Balaban J connectivity index is 4.32. The van der Waals surface area contributed by atoms with E-state index in [0.29, 0.717) is 0 Å². The minimum Gasteiger partial charge on any atom is -0.437 e. The summed E-state index contributed by atoms with van der Waals surface area (Å²) in [6, 6.07) is 1.17. The van der Waals surface area contributed by atoms with Gasteiger partial charge in [-0.2, -0.15) is 0 Å². The van der Waals surface area contributed by atoms with Gasteiger partial charge in [-0.15, -0.1) is 0 Å². The molecular weight excluding hydrogens is 296 g/mol. The molecule has 0 saturated carbocycles. The highest BCUT2D eigenvalue weighted by Gasteiger charge is 2.39. The predicted octanol–water partition coefficient (Wildman–Crippen LogP) is 6.12. The summed E-state index contributed by atoms with van der Waals surface area (Å²) in [4.78, 5) is 0. The van der Waals surface area contributed by atoms with Gasteiger partial charge in [0.1, 0.15) is 0 Å². The van der Waals surface area contributed by atoms with Crippen LogP contribution in [0.2, 0.25) is 51.9 Å². The number of hydrogen-bond acceptors (Lipinski definition) is 2. The van der Waals surface area contributed by atoms with Crippen molar-refractivity contribution in [1.82, 2.24) is 0 Å². The Morgan fingerprint density at radius 2 is 1.00 bits per heavy atom. The molecule has 0 aromatic rings. The summed E-state index contributed by atoms with van der Waals surface area (Å²) < 4.78 is 13.0. The summed E-state index contributed by atoms with van der Waals surface area (Å²) in [5.74, 6) is 0. The third-order valence-electron chi connectivity index (χ3n) is 3.03. The van der Waals surface area contributed by atoms with E-state index in [-0.39, 0.29) is 0 Å². The fourth-order valence-electron chi connectivity index (χ4n) is 2.64. The van der Waals surface area contributed by atoms with Crippen LogP contribution in [0.15, 0.2) is 0 Å². The van der Waals surface area contributed by atoms with Crippen LogP contribution in [0.5, 0.6) is 0 Å². The van der Waals surface area contributed by atoms with Crippen LogP contribution >= 0.6 is 0 Å². The first-order valence-corrected chi connectivity index (χ1v) is 17.7. The van der Waals surface area contributed by atoms with Crippen LogP contribution in [0.3, 0.4) is 0 Å². The molecule has 0 aliphatic heterocycles. The summed E-state index contributed by atoms with van der Waals surface area (Å²) in [6.45, 7) is 18.3. The molecule has 0 amide bonds. The van der Waals surface area contributed by atoms with Gasteiger partial charge in [-0.1, -0.05) is 45.4 Å². The van der Waals surface area contributed by atoms with E-state index in [1.54, 1.807) is 0 Å². The molecule has 0 fully saturated rings. The van der Waals surface area contributed by atoms with Crippen LogP contribution < -0.4 is 0 Å². The molecule has 0 rings (SSSR count). The Morgan fingerprint density at radius 3 is 1.40 bits per heavy atom. The first-order valence-electron chi connectivity index (χ1n) is 8.38. The standard InChI is InChI=1S/C15H38O2Si3/c1-9-10-11-12-13-14-15-20(8,16-18(2,3)4)17-19(5,6)7/h9-15H2,1-8H3. The fraction of sp³-hybridized carbons (Fsp3) is 1.00. The average Bonchev–Trinajstić information content (AvgIpc) is 2.17. The topological polar surface area (TPSA) is 18.5 Å². The highest BCUT2D eigenvalue weighted by molar-refractivity contribution is 6.87. The molecule has 0 aromatic heterocycles. The van der Waals surface area contributed by atoms with Crippen molar-refractivity contribution in [1.29, 1.82) is 0 Å². The van der Waals surface area contributed by atoms with Gasteiger partial charge in [0.15, 0.2) is 16.6 Å². The quantitative estimate of drug-likeness (QED) is 0.334. The van der Waals surface area contributed by atoms with Crippen LogP contribution in [-0.4, -0.2) is 25.2 Å². The molecule has 2 nitrogen and oxygen atoms in total. The summed E-state index contributed by atoms with van der Waals surface area (Å²) in [5, 5.41) is 0. The first kappa shape index (κ1) is 20.6. The minimum atomic E-state index is -1.97. The predicted molar refractivity (Wildman–Crippen MR) is 98.7 cm³/mol. The molecule has 0 aromatic carbocycles. The van der Waals surface area contributed by atoms with E-state index < -0.39 is 25.2 Å². The van der Waals surface area contributed by atoms with Crippen LogP contribution in [0, 0.1) is 0 Å². The van der Waals surface area contributed by atoms with Crippen molar-refractivity contribution in [2.24, 2.45) is 0 Å². The number of rotatable bonds is 11. The van der Waals surface area contributed by atoms with Crippen LogP contribution in [-0.2, 0) is 8.23 Å². The fourth-order valence-corrected chi connectivity index (χ4v) is 15.3. The lowest BCUT2D eigenvalue weighted by atomic mass is 10.1. The third kappa shape index (κ3) is 12.3. The van der Waals surface area contributed by atoms with Gasteiger partial charge in [-0.25, -0.2) is 0 Å². The molecule has 0 N–H and O–H groups in total. The van der Waals surface area contributed by atoms with Crippen LogP contribution in [0.4, 0.5) is 0 Å². The van der Waals surface area contributed by atoms with Gasteiger partial charge in [0, 0.05) is 0 Å². The molecule has 20 heavy (non-hydrogen) atoms. The molecule has 0 bridgehead atoms. The second kappa shape index (κ2) is 8.88. The Morgan fingerprint density at radius 1 is 0.600 bits per heavy atom. The Labute approximate surface area is 131 Å². The van der Waals surface area contributed by atoms with Gasteiger partial charge in [0.25, 0.3) is 0 Å². The van der Waals surface area contributed by atoms with Gasteiger partial charge in [0.2, 0.25) is 0 Å². The van der Waals surface area contributed by atoms with E-state index in [4.69, 9.17) is 8.23 Å². The highest BCUT2D eigenvalue weighted by atomic mass is 28.5. The van der Waals surface area contributed by atoms with Crippen molar-refractivity contribution < 1.29 is 8.23 Å². The second-order valence-electron chi connectivity index (χ2n) is 8.08. The van der Waals surface area contributed by atoms with E-state index in [1.807, 2.05) is 0 Å². The molecule has 0 atom stereocenters. The first-order chi connectivity index (χ1) is 8.97. The zero-order valence-electron chi connectivity index (χ0n) is 15.3. The lowest BCUT2D eigenvalue weighted by molar-refractivity contribution is 0.380. The molecule has 0 heterocycles. The minimum absolute atomic E-state index is 1.17. The normalized spacial score (nSPS) is 13.8. The van der Waals surface area contributed by atoms with Gasteiger partial charge >= 0.3 is 8.56 Å². The molecule has 0 spiro atoms. The lowest BCUT2D eigenvalue weighted by Gasteiger charge is -2.38. The van der Waals surface area contributed by atoms with E-state index in [2.05, 4.69) is 52.8 Å². The third-order valence-corrected chi connectivity index (χ3v) is 12.6. The number of hydrogen-bond donors (Lipinski definition) is 0. The summed E-state index contributed by atoms with van der Waals surface area (Å²) >= 11 is 0. The van der Waals surface area contributed by atoms with Crippen molar-refractivity contribution >= 4 is 25.2 Å². The summed E-state index contributed by atoms with van der Waals surface area (Å²) in [7, 11) is -4.99. The molecule has 0 saturated heterocycles. The zero-order valence-corrected chi connectivity index (χ0v) is 18.3. The Bertz CT molecular complexity index is 241. The van der Waals surface area contributed by atoms with E-state index in [9.17, 15) is 0 Å². The monoisotopic (exact) mass is 334 g/mol. The van der Waals surface area contributed by atoms with Crippen molar-refractivity contribution in [2.75, 3.05) is 0 Å². The average molecular weight is 335 g/mol. The van der Waals surface area contributed by atoms with Gasteiger partial charge in [-0.3, -0.25) is 0 Å². The Kier molecular flexibility index (Phi) is 9.13. The van der Waals surface area contributed by atoms with E-state index in [0.717, 1.165) is 0 Å². The van der Waals surface area contributed by atoms with Crippen molar-refractivity contribution in [3.8, 4) is 0 Å². The maximum atomic E-state index is 6.52. The zero-order chi connectivity index (χ0) is 15.9. The van der Waals surface area contributed by atoms with E-state index in [1.165, 1.54) is 44.6 Å². The summed E-state index contributed by atoms with van der Waals surface area (Å²) in [5.41, 5.74) is 0. The summed E-state index contributed by atoms with van der Waals surface area (Å²) in [6.07, 6.45) is 8.08. The van der Waals surface area contributed by atoms with Gasteiger partial charge in [0.05, 0.1) is 0 Å². The maximum Gasteiger partial charge on any atom is 0.314 e. The van der Waals surface area contributed by atoms with Crippen LogP contribution in [0.1, 0.15) is 45.4 Å². The van der Waals surface area contributed by atoms with Gasteiger partial charge in [-0.05, 0) is 51.9 Å². The maximum absolute atomic E-state index is 6.52. The Hall–Kier alpha value is 0.571. The van der Waals surface area contributed by atoms with Crippen molar-refractivity contribution in [3.05, 3.63) is 0 Å². The smallest absolute Gasteiger partial charge is 0.314 e. The molecule has 122 valence electrons. The molecule has 0 radical (unpaired) electrons. The number of unbranched alkanes of at least 4 members (excludes halogenated alkanes) is 5. The van der Waals surface area contributed by atoms with Crippen molar-refractivity contribution in [2.45, 2.75) is 97.3 Å². The lowest BCUT2D eigenvalue weighted by Crippen LogP contribution is -2.52. The molecule has 0 aliphatic carbocycles. The van der Waals surface area contributed by atoms with Crippen molar-refractivity contribution in [3.63, 3.8) is 0 Å². The molecular formula is C15H38O2Si3. The van der Waals surface area contributed by atoms with Gasteiger partial charge < -0.3 is 8.23 Å². The largest absolute Gasteiger partial charge is 0.437 e. The molecule has 0 unspecified atom stereocenters. The van der Waals surface area contributed by atoms with E-state index >= 15 is 0 Å².